The molecule has 0 radical (unpaired) electrons. The number of hydrogen-bond donors (Lipinski definition) is 0. The Hall–Kier alpha value is -1.01. The summed E-state index contributed by atoms with van der Waals surface area (Å²) in [5.74, 6) is -0.523. The summed E-state index contributed by atoms with van der Waals surface area (Å²) in [6.45, 7) is 1.07. The van der Waals surface area contributed by atoms with E-state index in [4.69, 9.17) is 0 Å². The van der Waals surface area contributed by atoms with Crippen molar-refractivity contribution in [2.24, 2.45) is 0 Å². The molecule has 1 aromatic rings. The van der Waals surface area contributed by atoms with Crippen LogP contribution in [0.4, 0.5) is 4.39 Å². The Kier molecular flexibility index (Phi) is 3.44. The quantitative estimate of drug-likeness (QED) is 0.622. The smallest absolute Gasteiger partial charge is 0.233 e. The zero-order chi connectivity index (χ0) is 12.6. The first kappa shape index (κ1) is 12.4. The van der Waals surface area contributed by atoms with E-state index in [1.165, 1.54) is 6.07 Å². The second kappa shape index (κ2) is 4.70. The maximum absolute atomic E-state index is 13.1. The summed E-state index contributed by atoms with van der Waals surface area (Å²) in [7, 11) is 1.86. The Morgan fingerprint density at radius 3 is 2.82 bits per heavy atom. The van der Waals surface area contributed by atoms with Gasteiger partial charge in [-0.2, -0.15) is 0 Å². The molecule has 1 aliphatic heterocycles. The van der Waals surface area contributed by atoms with Gasteiger partial charge in [-0.15, -0.1) is 0 Å². The molecule has 0 amide bonds. The van der Waals surface area contributed by atoms with Crippen molar-refractivity contribution in [2.45, 2.75) is 12.0 Å². The van der Waals surface area contributed by atoms with Crippen molar-refractivity contribution in [3.05, 3.63) is 44.2 Å². The second-order valence-corrected chi connectivity index (χ2v) is 5.21. The Morgan fingerprint density at radius 1 is 1.53 bits per heavy atom. The fourth-order valence-corrected chi connectivity index (χ4v) is 2.66. The summed E-state index contributed by atoms with van der Waals surface area (Å²) >= 11 is 3.11. The van der Waals surface area contributed by atoms with Gasteiger partial charge in [0.2, 0.25) is 6.04 Å². The van der Waals surface area contributed by atoms with Gasteiger partial charge < -0.3 is 0 Å². The van der Waals surface area contributed by atoms with Gasteiger partial charge in [0.05, 0.1) is 16.9 Å². The van der Waals surface area contributed by atoms with Crippen LogP contribution in [0.15, 0.2) is 22.7 Å². The van der Waals surface area contributed by atoms with Crippen LogP contribution < -0.4 is 0 Å². The molecule has 0 saturated carbocycles. The molecule has 1 heterocycles. The van der Waals surface area contributed by atoms with Crippen LogP contribution in [0.1, 0.15) is 11.5 Å². The molecule has 92 valence electrons. The SMILES string of the molecule is CN1CC(c2ccc(F)c(Br)c2)C([N+](=O)[O-])C1. The van der Waals surface area contributed by atoms with Gasteiger partial charge in [-0.05, 0) is 40.7 Å². The van der Waals surface area contributed by atoms with Gasteiger partial charge in [-0.1, -0.05) is 6.07 Å². The van der Waals surface area contributed by atoms with E-state index in [2.05, 4.69) is 15.9 Å². The van der Waals surface area contributed by atoms with Gasteiger partial charge in [0, 0.05) is 11.5 Å². The van der Waals surface area contributed by atoms with Crippen molar-refractivity contribution >= 4 is 15.9 Å². The zero-order valence-corrected chi connectivity index (χ0v) is 10.9. The minimum absolute atomic E-state index is 0.174. The van der Waals surface area contributed by atoms with Crippen LogP contribution >= 0.6 is 15.9 Å². The molecule has 0 spiro atoms. The van der Waals surface area contributed by atoms with Crippen LogP contribution in [0.3, 0.4) is 0 Å². The van der Waals surface area contributed by atoms with Crippen molar-refractivity contribution < 1.29 is 9.31 Å². The summed E-state index contributed by atoms with van der Waals surface area (Å²) in [6, 6.07) is 3.99. The minimum atomic E-state index is -0.614. The summed E-state index contributed by atoms with van der Waals surface area (Å²) in [6.07, 6.45) is 0. The van der Waals surface area contributed by atoms with Crippen molar-refractivity contribution in [3.63, 3.8) is 0 Å². The maximum Gasteiger partial charge on any atom is 0.233 e. The maximum atomic E-state index is 13.1. The Balaban J connectivity index is 2.31. The van der Waals surface area contributed by atoms with Gasteiger partial charge >= 0.3 is 0 Å². The molecule has 2 atom stereocenters. The molecular formula is C11H12BrFN2O2. The molecule has 1 fully saturated rings. The van der Waals surface area contributed by atoms with E-state index in [9.17, 15) is 14.5 Å². The summed E-state index contributed by atoms with van der Waals surface area (Å²) < 4.78 is 13.5. The molecule has 0 aliphatic carbocycles. The molecule has 2 unspecified atom stereocenters. The third-order valence-corrected chi connectivity index (χ3v) is 3.72. The number of halogens is 2. The summed E-state index contributed by atoms with van der Waals surface area (Å²) in [5.41, 5.74) is 0.810. The Morgan fingerprint density at radius 2 is 2.24 bits per heavy atom. The van der Waals surface area contributed by atoms with Gasteiger partial charge in [0.15, 0.2) is 0 Å². The highest BCUT2D eigenvalue weighted by atomic mass is 79.9. The zero-order valence-electron chi connectivity index (χ0n) is 9.27. The predicted molar refractivity (Wildman–Crippen MR) is 65.1 cm³/mol. The van der Waals surface area contributed by atoms with E-state index in [1.54, 1.807) is 12.1 Å². The van der Waals surface area contributed by atoms with Crippen LogP contribution in [-0.2, 0) is 0 Å². The number of nitro groups is 1. The highest BCUT2D eigenvalue weighted by Crippen LogP contribution is 2.30. The molecule has 6 heteroatoms. The molecule has 17 heavy (non-hydrogen) atoms. The molecule has 1 aliphatic rings. The highest BCUT2D eigenvalue weighted by Gasteiger charge is 2.40. The molecule has 0 bridgehead atoms. The average Bonchev–Trinajstić information content (AvgIpc) is 2.64. The van der Waals surface area contributed by atoms with Gasteiger partial charge in [-0.3, -0.25) is 15.0 Å². The topological polar surface area (TPSA) is 46.4 Å². The number of likely N-dealkylation sites (tertiary alicyclic amines) is 1. The van der Waals surface area contributed by atoms with E-state index in [0.717, 1.165) is 5.56 Å². The highest BCUT2D eigenvalue weighted by molar-refractivity contribution is 9.10. The number of nitrogens with zero attached hydrogens (tertiary/aromatic N) is 2. The standard InChI is InChI=1S/C11H12BrFN2O2/c1-14-5-8(11(6-14)15(16)17)7-2-3-10(13)9(12)4-7/h2-4,8,11H,5-6H2,1H3. The van der Waals surface area contributed by atoms with Crippen LogP contribution in [0.5, 0.6) is 0 Å². The summed E-state index contributed by atoms with van der Waals surface area (Å²) in [4.78, 5) is 12.7. The molecular weight excluding hydrogens is 291 g/mol. The van der Waals surface area contributed by atoms with Crippen LogP contribution in [-0.4, -0.2) is 36.0 Å². The van der Waals surface area contributed by atoms with E-state index in [1.807, 2.05) is 11.9 Å². The van der Waals surface area contributed by atoms with E-state index >= 15 is 0 Å². The average molecular weight is 303 g/mol. The first-order valence-corrected chi connectivity index (χ1v) is 6.05. The van der Waals surface area contributed by atoms with E-state index < -0.39 is 6.04 Å². The molecule has 0 N–H and O–H groups in total. The van der Waals surface area contributed by atoms with Gasteiger partial charge in [0.1, 0.15) is 5.82 Å². The van der Waals surface area contributed by atoms with E-state index in [-0.39, 0.29) is 16.7 Å². The summed E-state index contributed by atoms with van der Waals surface area (Å²) in [5, 5.41) is 11.0. The van der Waals surface area contributed by atoms with Crippen molar-refractivity contribution in [3.8, 4) is 0 Å². The molecule has 1 aromatic carbocycles. The number of benzene rings is 1. The van der Waals surface area contributed by atoms with Crippen LogP contribution in [0, 0.1) is 15.9 Å². The van der Waals surface area contributed by atoms with Gasteiger partial charge in [0.25, 0.3) is 0 Å². The molecule has 1 saturated heterocycles. The van der Waals surface area contributed by atoms with Crippen LogP contribution in [0.25, 0.3) is 0 Å². The monoisotopic (exact) mass is 302 g/mol. The number of likely N-dealkylation sites (N-methyl/N-ethyl adjacent to an activating group) is 1. The van der Waals surface area contributed by atoms with Crippen molar-refractivity contribution in [1.82, 2.24) is 4.90 Å². The van der Waals surface area contributed by atoms with Crippen molar-refractivity contribution in [1.29, 1.82) is 0 Å². The Bertz CT molecular complexity index is 455. The molecule has 2 rings (SSSR count). The lowest BCUT2D eigenvalue weighted by Gasteiger charge is -2.13. The normalized spacial score (nSPS) is 25.1. The van der Waals surface area contributed by atoms with E-state index in [0.29, 0.717) is 17.6 Å². The van der Waals surface area contributed by atoms with Gasteiger partial charge in [-0.25, -0.2) is 4.39 Å². The largest absolute Gasteiger partial charge is 0.299 e. The fraction of sp³-hybridized carbons (Fsp3) is 0.455. The minimum Gasteiger partial charge on any atom is -0.299 e. The first-order chi connectivity index (χ1) is 7.99. The number of rotatable bonds is 2. The number of hydrogen-bond acceptors (Lipinski definition) is 3. The third kappa shape index (κ3) is 2.47. The third-order valence-electron chi connectivity index (χ3n) is 3.11. The van der Waals surface area contributed by atoms with Crippen molar-refractivity contribution in [2.75, 3.05) is 20.1 Å². The Labute approximate surface area is 107 Å². The lowest BCUT2D eigenvalue weighted by Crippen LogP contribution is -2.27. The first-order valence-electron chi connectivity index (χ1n) is 5.26. The van der Waals surface area contributed by atoms with Crippen LogP contribution in [0.2, 0.25) is 0 Å². The molecule has 0 aromatic heterocycles. The predicted octanol–water partition coefficient (Wildman–Crippen LogP) is 2.26. The molecule has 4 nitrogen and oxygen atoms in total. The lowest BCUT2D eigenvalue weighted by molar-refractivity contribution is -0.521. The lowest BCUT2D eigenvalue weighted by atomic mass is 9.95. The fourth-order valence-electron chi connectivity index (χ4n) is 2.26. The second-order valence-electron chi connectivity index (χ2n) is 4.35.